The van der Waals surface area contributed by atoms with Gasteiger partial charge in [-0.3, -0.25) is 0 Å². The monoisotopic (exact) mass is 596 g/mol. The number of rotatable bonds is 8. The van der Waals surface area contributed by atoms with Crippen molar-refractivity contribution in [2.24, 2.45) is 0 Å². The summed E-state index contributed by atoms with van der Waals surface area (Å²) in [5, 5.41) is 4.21. The first-order chi connectivity index (χ1) is 18.1. The van der Waals surface area contributed by atoms with Crippen molar-refractivity contribution in [3.05, 3.63) is 77.4 Å². The Labute approximate surface area is 235 Å². The van der Waals surface area contributed by atoms with Crippen molar-refractivity contribution in [3.63, 3.8) is 0 Å². The molecule has 2 aromatic heterocycles. The Kier molecular flexibility index (Phi) is 8.85. The molecule has 0 spiro atoms. The van der Waals surface area contributed by atoms with Crippen molar-refractivity contribution < 1.29 is 21.6 Å². The standard InChI is InChI=1S/C27H27F3N4O2S2.ClH/c1-34(25-24-14-21(15-27(28,29)30)37-26(24)33-17-32-25)20-10-9-19(13-20)31-16-18-7-11-23(12-8-18)38(35,36)22-5-3-2-4-6-22;/h2-8,11-12,14,17,19-20,31H,9-10,13,15-16H2,1H3;1H/t19-,20+;/m0./s1. The largest absolute Gasteiger partial charge is 0.393 e. The molecule has 2 heterocycles. The topological polar surface area (TPSA) is 75.2 Å². The van der Waals surface area contributed by atoms with E-state index in [1.807, 2.05) is 19.2 Å². The van der Waals surface area contributed by atoms with Crippen molar-refractivity contribution in [3.8, 4) is 0 Å². The number of halogens is 4. The lowest BCUT2D eigenvalue weighted by Gasteiger charge is -2.26. The van der Waals surface area contributed by atoms with Gasteiger partial charge in [-0.1, -0.05) is 30.3 Å². The first-order valence-electron chi connectivity index (χ1n) is 12.3. The summed E-state index contributed by atoms with van der Waals surface area (Å²) in [5.74, 6) is 0.653. The summed E-state index contributed by atoms with van der Waals surface area (Å²) in [7, 11) is -1.61. The lowest BCUT2D eigenvalue weighted by Crippen LogP contribution is -2.33. The van der Waals surface area contributed by atoms with Crippen LogP contribution in [0.3, 0.4) is 0 Å². The normalized spacial score (nSPS) is 17.7. The van der Waals surface area contributed by atoms with Crippen LogP contribution in [0.5, 0.6) is 0 Å². The van der Waals surface area contributed by atoms with Gasteiger partial charge in [0.1, 0.15) is 17.0 Å². The Morgan fingerprint density at radius 1 is 1.03 bits per heavy atom. The van der Waals surface area contributed by atoms with Gasteiger partial charge in [-0.15, -0.1) is 23.7 Å². The van der Waals surface area contributed by atoms with Crippen molar-refractivity contribution in [1.29, 1.82) is 0 Å². The molecule has 0 radical (unpaired) electrons. The third-order valence-corrected chi connectivity index (χ3v) is 9.73. The molecule has 4 aromatic rings. The highest BCUT2D eigenvalue weighted by molar-refractivity contribution is 7.91. The highest BCUT2D eigenvalue weighted by Crippen LogP contribution is 2.36. The highest BCUT2D eigenvalue weighted by atomic mass is 35.5. The number of fused-ring (bicyclic) bond motifs is 1. The summed E-state index contributed by atoms with van der Waals surface area (Å²) in [4.78, 5) is 12.0. The lowest BCUT2D eigenvalue weighted by atomic mass is 10.1. The second-order valence-corrected chi connectivity index (χ2v) is 12.6. The average molecular weight is 597 g/mol. The minimum absolute atomic E-state index is 0. The molecule has 39 heavy (non-hydrogen) atoms. The Morgan fingerprint density at radius 2 is 1.72 bits per heavy atom. The minimum atomic E-state index is -4.26. The molecule has 1 aliphatic rings. The van der Waals surface area contributed by atoms with Gasteiger partial charge in [0, 0.05) is 30.6 Å². The molecule has 0 amide bonds. The Morgan fingerprint density at radius 3 is 2.41 bits per heavy atom. The van der Waals surface area contributed by atoms with Gasteiger partial charge in [0.25, 0.3) is 0 Å². The van der Waals surface area contributed by atoms with Gasteiger partial charge in [0.15, 0.2) is 0 Å². The van der Waals surface area contributed by atoms with Crippen LogP contribution >= 0.6 is 23.7 Å². The van der Waals surface area contributed by atoms with Crippen LogP contribution in [-0.2, 0) is 22.8 Å². The van der Waals surface area contributed by atoms with E-state index in [0.29, 0.717) is 22.6 Å². The lowest BCUT2D eigenvalue weighted by molar-refractivity contribution is -0.126. The fourth-order valence-electron chi connectivity index (χ4n) is 4.91. The molecule has 2 aromatic carbocycles. The Hall–Kier alpha value is -2.73. The summed E-state index contributed by atoms with van der Waals surface area (Å²) in [5.41, 5.74) is 0.988. The fraction of sp³-hybridized carbons (Fsp3) is 0.333. The van der Waals surface area contributed by atoms with E-state index in [1.54, 1.807) is 48.5 Å². The van der Waals surface area contributed by atoms with Crippen molar-refractivity contribution in [2.75, 3.05) is 11.9 Å². The summed E-state index contributed by atoms with van der Waals surface area (Å²) < 4.78 is 64.2. The number of thiophene rings is 1. The first kappa shape index (κ1) is 29.3. The maximum absolute atomic E-state index is 12.9. The molecule has 0 bridgehead atoms. The molecule has 208 valence electrons. The number of benzene rings is 2. The van der Waals surface area contributed by atoms with E-state index in [1.165, 1.54) is 6.33 Å². The van der Waals surface area contributed by atoms with E-state index < -0.39 is 22.4 Å². The minimum Gasteiger partial charge on any atom is -0.356 e. The molecule has 1 fully saturated rings. The molecule has 12 heteroatoms. The third-order valence-electron chi connectivity index (χ3n) is 6.90. The number of sulfone groups is 1. The van der Waals surface area contributed by atoms with Crippen molar-refractivity contribution in [2.45, 2.75) is 60.3 Å². The summed E-state index contributed by atoms with van der Waals surface area (Å²) in [6, 6.07) is 17.3. The van der Waals surface area contributed by atoms with Gasteiger partial charge in [0.05, 0.1) is 21.6 Å². The SMILES string of the molecule is CN(c1ncnc2sc(CC(F)(F)F)cc12)[C@@H]1CC[C@H](NCc2ccc(S(=O)(=O)c3ccccc3)cc2)C1.Cl. The fourth-order valence-corrected chi connectivity index (χ4v) is 7.21. The zero-order valence-electron chi connectivity index (χ0n) is 21.1. The third kappa shape index (κ3) is 6.71. The zero-order chi connectivity index (χ0) is 26.9. The molecular formula is C27H28ClF3N4O2S2. The second-order valence-electron chi connectivity index (χ2n) is 9.54. The molecule has 2 atom stereocenters. The van der Waals surface area contributed by atoms with Crippen LogP contribution in [-0.4, -0.2) is 43.7 Å². The van der Waals surface area contributed by atoms with E-state index >= 15 is 0 Å². The molecule has 6 nitrogen and oxygen atoms in total. The van der Waals surface area contributed by atoms with Gasteiger partial charge < -0.3 is 10.2 Å². The van der Waals surface area contributed by atoms with E-state index in [9.17, 15) is 21.6 Å². The predicted octanol–water partition coefficient (Wildman–Crippen LogP) is 6.20. The summed E-state index contributed by atoms with van der Waals surface area (Å²) in [6.45, 7) is 0.607. The number of nitrogens with one attached hydrogen (secondary N) is 1. The van der Waals surface area contributed by atoms with Gasteiger partial charge in [-0.2, -0.15) is 13.2 Å². The number of hydrogen-bond acceptors (Lipinski definition) is 7. The molecule has 1 N–H and O–H groups in total. The number of alkyl halides is 3. The summed E-state index contributed by atoms with van der Waals surface area (Å²) in [6.07, 6.45) is -1.08. The Balaban J connectivity index is 0.00000353. The molecule has 0 unspecified atom stereocenters. The number of aromatic nitrogens is 2. The first-order valence-corrected chi connectivity index (χ1v) is 14.6. The van der Waals surface area contributed by atoms with Crippen LogP contribution in [0.4, 0.5) is 19.0 Å². The quantitative estimate of drug-likeness (QED) is 0.261. The van der Waals surface area contributed by atoms with Crippen LogP contribution < -0.4 is 10.2 Å². The van der Waals surface area contributed by atoms with Crippen LogP contribution in [0.2, 0.25) is 0 Å². The maximum Gasteiger partial charge on any atom is 0.393 e. The van der Waals surface area contributed by atoms with E-state index in [4.69, 9.17) is 0 Å². The van der Waals surface area contributed by atoms with Gasteiger partial charge >= 0.3 is 6.18 Å². The molecule has 0 aliphatic heterocycles. The maximum atomic E-state index is 12.9. The van der Waals surface area contributed by atoms with E-state index in [0.717, 1.165) is 36.2 Å². The molecule has 5 rings (SSSR count). The van der Waals surface area contributed by atoms with Crippen LogP contribution in [0, 0.1) is 0 Å². The van der Waals surface area contributed by atoms with Gasteiger partial charge in [-0.25, -0.2) is 18.4 Å². The Bertz CT molecular complexity index is 1510. The molecule has 1 aliphatic carbocycles. The number of anilines is 1. The predicted molar refractivity (Wildman–Crippen MR) is 149 cm³/mol. The summed E-state index contributed by atoms with van der Waals surface area (Å²) >= 11 is 1.06. The second kappa shape index (κ2) is 11.8. The number of nitrogens with zero attached hydrogens (tertiary/aromatic N) is 3. The van der Waals surface area contributed by atoms with Crippen LogP contribution in [0.15, 0.2) is 76.8 Å². The molecule has 0 saturated heterocycles. The number of hydrogen-bond donors (Lipinski definition) is 1. The molecule has 1 saturated carbocycles. The van der Waals surface area contributed by atoms with Crippen LogP contribution in [0.1, 0.15) is 29.7 Å². The van der Waals surface area contributed by atoms with Gasteiger partial charge in [-0.05, 0) is 55.2 Å². The smallest absolute Gasteiger partial charge is 0.356 e. The molecular weight excluding hydrogens is 569 g/mol. The van der Waals surface area contributed by atoms with Crippen molar-refractivity contribution in [1.82, 2.24) is 15.3 Å². The van der Waals surface area contributed by atoms with Gasteiger partial charge in [0.2, 0.25) is 9.84 Å². The average Bonchev–Trinajstić information content (AvgIpc) is 3.53. The van der Waals surface area contributed by atoms with E-state index in [-0.39, 0.29) is 39.2 Å². The van der Waals surface area contributed by atoms with Crippen LogP contribution in [0.25, 0.3) is 10.2 Å². The van der Waals surface area contributed by atoms with Crippen molar-refractivity contribution >= 4 is 49.6 Å². The van der Waals surface area contributed by atoms with E-state index in [2.05, 4.69) is 20.2 Å². The zero-order valence-corrected chi connectivity index (χ0v) is 23.5. The highest BCUT2D eigenvalue weighted by Gasteiger charge is 2.31.